The number of ether oxygens (including phenoxy) is 1. The Morgan fingerprint density at radius 3 is 2.32 bits per heavy atom. The van der Waals surface area contributed by atoms with Crippen molar-refractivity contribution in [2.24, 2.45) is 0 Å². The highest BCUT2D eigenvalue weighted by molar-refractivity contribution is 7.89. The van der Waals surface area contributed by atoms with E-state index >= 15 is 0 Å². The van der Waals surface area contributed by atoms with Crippen LogP contribution in [0, 0.1) is 17.5 Å². The number of halogens is 3. The summed E-state index contributed by atoms with van der Waals surface area (Å²) in [7, 11) is -4.05. The van der Waals surface area contributed by atoms with Crippen LogP contribution in [0.5, 0.6) is 0 Å². The molecule has 0 aliphatic carbocycles. The van der Waals surface area contributed by atoms with Crippen LogP contribution < -0.4 is 10.1 Å². The predicted octanol–water partition coefficient (Wildman–Crippen LogP) is 1.88. The maximum absolute atomic E-state index is 14.1. The maximum Gasteiger partial charge on any atom is 0.258 e. The van der Waals surface area contributed by atoms with Crippen LogP contribution in [0.1, 0.15) is 10.4 Å². The molecule has 1 amide bonds. The molecule has 1 fully saturated rings. The topological polar surface area (TPSA) is 87.7 Å². The summed E-state index contributed by atoms with van der Waals surface area (Å²) in [5.41, 5.74) is -0.669. The summed E-state index contributed by atoms with van der Waals surface area (Å²) >= 11 is 0. The summed E-state index contributed by atoms with van der Waals surface area (Å²) in [5.74, 6) is -4.27. The third kappa shape index (κ3) is 4.68. The molecule has 1 saturated heterocycles. The van der Waals surface area contributed by atoms with E-state index in [0.29, 0.717) is 26.3 Å². The van der Waals surface area contributed by atoms with Crippen LogP contribution in [0.2, 0.25) is 0 Å². The highest BCUT2D eigenvalue weighted by Gasteiger charge is 2.23. The monoisotopic (exact) mass is 415 g/mol. The number of carbonyl (C=O) groups excluding carboxylic acids is 1. The number of carbonyl (C=O) groups is 1. The number of morpholine rings is 1. The molecule has 0 bridgehead atoms. The van der Waals surface area contributed by atoms with Crippen LogP contribution in [0.3, 0.4) is 0 Å². The molecule has 3 rings (SSSR count). The van der Waals surface area contributed by atoms with Crippen molar-refractivity contribution in [2.75, 3.05) is 31.6 Å². The highest BCUT2D eigenvalue weighted by Crippen LogP contribution is 2.19. The van der Waals surface area contributed by atoms with Gasteiger partial charge in [0.25, 0.3) is 15.9 Å². The van der Waals surface area contributed by atoms with Crippen LogP contribution in [-0.4, -0.2) is 45.6 Å². The Kier molecular flexibility index (Phi) is 5.98. The van der Waals surface area contributed by atoms with Gasteiger partial charge in [0, 0.05) is 24.8 Å². The second-order valence-electron chi connectivity index (χ2n) is 5.92. The minimum atomic E-state index is -4.05. The van der Waals surface area contributed by atoms with Gasteiger partial charge in [-0.15, -0.1) is 4.83 Å². The van der Waals surface area contributed by atoms with Crippen molar-refractivity contribution in [1.82, 2.24) is 9.84 Å². The fraction of sp³-hybridized carbons (Fsp3) is 0.235. The zero-order valence-electron chi connectivity index (χ0n) is 14.4. The number of sulfonamides is 1. The normalized spacial score (nSPS) is 15.4. The van der Waals surface area contributed by atoms with E-state index in [0.717, 1.165) is 36.4 Å². The first kappa shape index (κ1) is 20.3. The minimum absolute atomic E-state index is 0.108. The fourth-order valence-electron chi connectivity index (χ4n) is 2.50. The first-order chi connectivity index (χ1) is 13.3. The van der Waals surface area contributed by atoms with Crippen LogP contribution in [0.4, 0.5) is 18.9 Å². The van der Waals surface area contributed by atoms with Crippen molar-refractivity contribution in [3.05, 3.63) is 59.4 Å². The Balaban J connectivity index is 1.81. The summed E-state index contributed by atoms with van der Waals surface area (Å²) in [5, 5.41) is 3.63. The molecule has 0 spiro atoms. The first-order valence-electron chi connectivity index (χ1n) is 8.17. The van der Waals surface area contributed by atoms with Crippen molar-refractivity contribution in [2.45, 2.75) is 4.90 Å². The molecule has 1 aliphatic rings. The van der Waals surface area contributed by atoms with Gasteiger partial charge >= 0.3 is 0 Å². The number of nitrogens with zero attached hydrogens (tertiary/aromatic N) is 1. The summed E-state index contributed by atoms with van der Waals surface area (Å²) in [6.07, 6.45) is 0. The predicted molar refractivity (Wildman–Crippen MR) is 93.4 cm³/mol. The number of anilines is 1. The van der Waals surface area contributed by atoms with Gasteiger partial charge in [0.05, 0.1) is 23.7 Å². The van der Waals surface area contributed by atoms with Crippen LogP contribution >= 0.6 is 0 Å². The molecule has 0 saturated carbocycles. The average Bonchev–Trinajstić information content (AvgIpc) is 2.65. The van der Waals surface area contributed by atoms with Crippen molar-refractivity contribution in [1.29, 1.82) is 0 Å². The van der Waals surface area contributed by atoms with Gasteiger partial charge < -0.3 is 10.1 Å². The Morgan fingerprint density at radius 2 is 1.64 bits per heavy atom. The van der Waals surface area contributed by atoms with Gasteiger partial charge in [-0.1, -0.05) is 0 Å². The number of amides is 1. The molecule has 1 aliphatic heterocycles. The van der Waals surface area contributed by atoms with E-state index in [-0.39, 0.29) is 10.6 Å². The summed E-state index contributed by atoms with van der Waals surface area (Å²) in [6.45, 7) is 1.38. The van der Waals surface area contributed by atoms with E-state index in [1.54, 1.807) is 0 Å². The molecule has 150 valence electrons. The molecular weight excluding hydrogens is 399 g/mol. The zero-order chi connectivity index (χ0) is 20.3. The van der Waals surface area contributed by atoms with Gasteiger partial charge in [0.1, 0.15) is 5.82 Å². The number of nitrogens with one attached hydrogen (secondary N) is 2. The Hall–Kier alpha value is -2.47. The van der Waals surface area contributed by atoms with Gasteiger partial charge in [-0.3, -0.25) is 4.79 Å². The third-order valence-corrected chi connectivity index (χ3v) is 5.30. The van der Waals surface area contributed by atoms with Crippen molar-refractivity contribution >= 4 is 21.6 Å². The Labute approximate surface area is 159 Å². The average molecular weight is 415 g/mol. The SMILES string of the molecule is O=C(Nc1ccc(F)c(F)c1)c1cc(S(=O)(=O)NN2CCOCC2)ccc1F. The molecule has 2 N–H and O–H groups in total. The standard InChI is InChI=1S/C17H16F3N3O4S/c18-14-4-2-12(28(25,26)22-23-5-7-27-8-6-23)10-13(14)17(24)21-11-1-3-15(19)16(20)9-11/h1-4,9-10,22H,5-8H2,(H,21,24). The van der Waals surface area contributed by atoms with Gasteiger partial charge in [-0.05, 0) is 30.3 Å². The summed E-state index contributed by atoms with van der Waals surface area (Å²) < 4.78 is 70.4. The smallest absolute Gasteiger partial charge is 0.258 e. The third-order valence-electron chi connectivity index (χ3n) is 3.93. The lowest BCUT2D eigenvalue weighted by Gasteiger charge is -2.26. The minimum Gasteiger partial charge on any atom is -0.379 e. The van der Waals surface area contributed by atoms with Gasteiger partial charge in [-0.2, -0.15) is 0 Å². The first-order valence-corrected chi connectivity index (χ1v) is 9.66. The maximum atomic E-state index is 14.1. The number of hydrazine groups is 1. The van der Waals surface area contributed by atoms with Crippen molar-refractivity contribution in [3.63, 3.8) is 0 Å². The largest absolute Gasteiger partial charge is 0.379 e. The van der Waals surface area contributed by atoms with Crippen LogP contribution in [0.15, 0.2) is 41.3 Å². The molecular formula is C17H16F3N3O4S. The molecule has 7 nitrogen and oxygen atoms in total. The lowest BCUT2D eigenvalue weighted by atomic mass is 10.2. The molecule has 2 aromatic rings. The molecule has 0 unspecified atom stereocenters. The molecule has 0 aromatic heterocycles. The number of hydrogen-bond donors (Lipinski definition) is 2. The van der Waals surface area contributed by atoms with E-state index in [1.165, 1.54) is 5.01 Å². The van der Waals surface area contributed by atoms with E-state index in [4.69, 9.17) is 4.74 Å². The van der Waals surface area contributed by atoms with Gasteiger partial charge in [0.15, 0.2) is 11.6 Å². The number of hydrogen-bond acceptors (Lipinski definition) is 5. The molecule has 1 heterocycles. The zero-order valence-corrected chi connectivity index (χ0v) is 15.2. The fourth-order valence-corrected chi connectivity index (χ4v) is 3.64. The lowest BCUT2D eigenvalue weighted by Crippen LogP contribution is -2.48. The molecule has 2 aromatic carbocycles. The molecule has 11 heteroatoms. The molecule has 0 atom stereocenters. The van der Waals surface area contributed by atoms with Crippen LogP contribution in [0.25, 0.3) is 0 Å². The van der Waals surface area contributed by atoms with E-state index in [1.807, 2.05) is 0 Å². The number of rotatable bonds is 5. The van der Waals surface area contributed by atoms with E-state index < -0.39 is 38.9 Å². The van der Waals surface area contributed by atoms with Crippen molar-refractivity contribution < 1.29 is 31.1 Å². The lowest BCUT2D eigenvalue weighted by molar-refractivity contribution is 0.0272. The Bertz CT molecular complexity index is 995. The highest BCUT2D eigenvalue weighted by atomic mass is 32.2. The van der Waals surface area contributed by atoms with E-state index in [2.05, 4.69) is 10.1 Å². The van der Waals surface area contributed by atoms with Gasteiger partial charge in [-0.25, -0.2) is 26.6 Å². The second-order valence-corrected chi connectivity index (χ2v) is 7.58. The van der Waals surface area contributed by atoms with Gasteiger partial charge in [0.2, 0.25) is 0 Å². The van der Waals surface area contributed by atoms with Crippen molar-refractivity contribution in [3.8, 4) is 0 Å². The number of benzene rings is 2. The Morgan fingerprint density at radius 1 is 0.964 bits per heavy atom. The summed E-state index contributed by atoms with van der Waals surface area (Å²) in [6, 6.07) is 5.35. The van der Waals surface area contributed by atoms with E-state index in [9.17, 15) is 26.4 Å². The quantitative estimate of drug-likeness (QED) is 0.779. The molecule has 0 radical (unpaired) electrons. The summed E-state index contributed by atoms with van der Waals surface area (Å²) in [4.78, 5) is 14.3. The molecule has 28 heavy (non-hydrogen) atoms. The second kappa shape index (κ2) is 8.27. The van der Waals surface area contributed by atoms with Crippen LogP contribution in [-0.2, 0) is 14.8 Å².